The maximum absolute atomic E-state index is 8.76. The van der Waals surface area contributed by atoms with Gasteiger partial charge < -0.3 is 10.2 Å². The molecule has 0 amide bonds. The van der Waals surface area contributed by atoms with E-state index in [0.717, 1.165) is 0 Å². The third kappa shape index (κ3) is 3.14. The second-order valence-electron chi connectivity index (χ2n) is 2.25. The average Bonchev–Trinajstić information content (AvgIpc) is 2.00. The molecule has 0 radical (unpaired) electrons. The maximum atomic E-state index is 8.76. The predicted octanol–water partition coefficient (Wildman–Crippen LogP) is 0.0630. The summed E-state index contributed by atoms with van der Waals surface area (Å²) in [5.41, 5.74) is 0. The molecule has 0 aromatic rings. The maximum Gasteiger partial charge on any atom is 0.0470 e. The number of rotatable bonds is 5. The van der Waals surface area contributed by atoms with Gasteiger partial charge in [-0.2, -0.15) is 25.3 Å². The molecule has 2 N–H and O–H groups in total. The number of aliphatic hydroxyl groups excluding tert-OH is 2. The van der Waals surface area contributed by atoms with Gasteiger partial charge in [-0.3, -0.25) is 0 Å². The van der Waals surface area contributed by atoms with Crippen LogP contribution in [0.1, 0.15) is 0 Å². The molecule has 0 bridgehead atoms. The highest BCUT2D eigenvalue weighted by atomic mass is 32.1. The quantitative estimate of drug-likeness (QED) is 0.454. The van der Waals surface area contributed by atoms with E-state index < -0.39 is 0 Å². The molecule has 4 heteroatoms. The van der Waals surface area contributed by atoms with E-state index >= 15 is 0 Å². The molecule has 0 aliphatic rings. The fourth-order valence-corrected chi connectivity index (χ4v) is 1.54. The largest absolute Gasteiger partial charge is 0.396 e. The van der Waals surface area contributed by atoms with Crippen LogP contribution >= 0.6 is 25.3 Å². The standard InChI is InChI=1S/C6H14O2S2/c7-1-5(3-9)6(2-8)4-10/h5-10H,1-4H2. The first-order valence-electron chi connectivity index (χ1n) is 3.23. The Morgan fingerprint density at radius 1 is 0.900 bits per heavy atom. The summed E-state index contributed by atoms with van der Waals surface area (Å²) in [5, 5.41) is 17.5. The highest BCUT2D eigenvalue weighted by molar-refractivity contribution is 7.80. The van der Waals surface area contributed by atoms with Crippen LogP contribution in [0, 0.1) is 11.8 Å². The molecule has 0 saturated heterocycles. The summed E-state index contributed by atoms with van der Waals surface area (Å²) >= 11 is 8.08. The number of aliphatic hydroxyl groups is 2. The normalized spacial score (nSPS) is 16.8. The third-order valence-corrected chi connectivity index (χ3v) is 2.54. The van der Waals surface area contributed by atoms with E-state index in [0.29, 0.717) is 11.5 Å². The molecule has 0 aliphatic heterocycles. The topological polar surface area (TPSA) is 40.5 Å². The molecular weight excluding hydrogens is 168 g/mol. The van der Waals surface area contributed by atoms with Crippen molar-refractivity contribution in [1.82, 2.24) is 0 Å². The molecule has 2 nitrogen and oxygen atoms in total. The van der Waals surface area contributed by atoms with Gasteiger partial charge in [0.15, 0.2) is 0 Å². The Morgan fingerprint density at radius 3 is 1.30 bits per heavy atom. The van der Waals surface area contributed by atoms with Gasteiger partial charge in [-0.25, -0.2) is 0 Å². The summed E-state index contributed by atoms with van der Waals surface area (Å²) in [4.78, 5) is 0. The molecule has 0 aromatic carbocycles. The van der Waals surface area contributed by atoms with Crippen molar-refractivity contribution in [2.45, 2.75) is 0 Å². The van der Waals surface area contributed by atoms with Gasteiger partial charge in [-0.15, -0.1) is 0 Å². The number of hydrogen-bond acceptors (Lipinski definition) is 4. The van der Waals surface area contributed by atoms with Gasteiger partial charge in [0.2, 0.25) is 0 Å². The van der Waals surface area contributed by atoms with Crippen molar-refractivity contribution in [2.75, 3.05) is 24.7 Å². The number of hydrogen-bond donors (Lipinski definition) is 4. The van der Waals surface area contributed by atoms with Crippen molar-refractivity contribution < 1.29 is 10.2 Å². The SMILES string of the molecule is OCC(CS)C(CO)CS. The molecule has 62 valence electrons. The van der Waals surface area contributed by atoms with E-state index in [1.807, 2.05) is 0 Å². The Hall–Kier alpha value is 0.620. The first kappa shape index (κ1) is 10.6. The van der Waals surface area contributed by atoms with E-state index in [4.69, 9.17) is 10.2 Å². The van der Waals surface area contributed by atoms with Crippen LogP contribution < -0.4 is 0 Å². The van der Waals surface area contributed by atoms with Crippen LogP contribution in [-0.4, -0.2) is 34.9 Å². The second kappa shape index (κ2) is 6.34. The minimum Gasteiger partial charge on any atom is -0.396 e. The third-order valence-electron chi connectivity index (χ3n) is 1.60. The molecule has 0 saturated carbocycles. The zero-order chi connectivity index (χ0) is 7.98. The van der Waals surface area contributed by atoms with Crippen LogP contribution in [0.25, 0.3) is 0 Å². The molecule has 0 rings (SSSR count). The molecule has 0 heterocycles. The summed E-state index contributed by atoms with van der Waals surface area (Å²) in [7, 11) is 0. The molecule has 0 spiro atoms. The summed E-state index contributed by atoms with van der Waals surface area (Å²) in [6.07, 6.45) is 0. The lowest BCUT2D eigenvalue weighted by Crippen LogP contribution is -2.24. The van der Waals surface area contributed by atoms with Crippen LogP contribution in [0.4, 0.5) is 0 Å². The van der Waals surface area contributed by atoms with Crippen molar-refractivity contribution in [2.24, 2.45) is 11.8 Å². The van der Waals surface area contributed by atoms with E-state index in [9.17, 15) is 0 Å². The average molecular weight is 182 g/mol. The van der Waals surface area contributed by atoms with Crippen LogP contribution in [0.2, 0.25) is 0 Å². The fourth-order valence-electron chi connectivity index (χ4n) is 0.712. The van der Waals surface area contributed by atoms with E-state index in [1.165, 1.54) is 0 Å². The monoisotopic (exact) mass is 182 g/mol. The minimum atomic E-state index is 0.0748. The van der Waals surface area contributed by atoms with Gasteiger partial charge >= 0.3 is 0 Å². The highest BCUT2D eigenvalue weighted by Gasteiger charge is 2.16. The first-order chi connectivity index (χ1) is 4.79. The van der Waals surface area contributed by atoms with Crippen LogP contribution in [0.3, 0.4) is 0 Å². The van der Waals surface area contributed by atoms with E-state index in [-0.39, 0.29) is 25.0 Å². The Morgan fingerprint density at radius 2 is 1.20 bits per heavy atom. The van der Waals surface area contributed by atoms with Crippen molar-refractivity contribution in [1.29, 1.82) is 0 Å². The van der Waals surface area contributed by atoms with Crippen molar-refractivity contribution in [3.63, 3.8) is 0 Å². The van der Waals surface area contributed by atoms with Gasteiger partial charge in [0, 0.05) is 13.2 Å². The zero-order valence-electron chi connectivity index (χ0n) is 5.77. The van der Waals surface area contributed by atoms with Crippen LogP contribution in [0.5, 0.6) is 0 Å². The van der Waals surface area contributed by atoms with E-state index in [2.05, 4.69) is 25.3 Å². The molecule has 2 atom stereocenters. The molecule has 0 aliphatic carbocycles. The molecule has 0 fully saturated rings. The lowest BCUT2D eigenvalue weighted by molar-refractivity contribution is 0.146. The number of thiol groups is 2. The fraction of sp³-hybridized carbons (Fsp3) is 1.00. The summed E-state index contributed by atoms with van der Waals surface area (Å²) in [5.74, 6) is 1.35. The first-order valence-corrected chi connectivity index (χ1v) is 4.50. The molecular formula is C6H14O2S2. The lowest BCUT2D eigenvalue weighted by atomic mass is 9.98. The molecule has 0 aromatic heterocycles. The zero-order valence-corrected chi connectivity index (χ0v) is 7.56. The molecule has 10 heavy (non-hydrogen) atoms. The summed E-state index contributed by atoms with van der Waals surface area (Å²) in [6, 6.07) is 0. The smallest absolute Gasteiger partial charge is 0.0470 e. The Labute approximate surface area is 72.5 Å². The van der Waals surface area contributed by atoms with E-state index in [1.54, 1.807) is 0 Å². The summed E-state index contributed by atoms with van der Waals surface area (Å²) < 4.78 is 0. The van der Waals surface area contributed by atoms with Crippen LogP contribution in [-0.2, 0) is 0 Å². The predicted molar refractivity (Wildman–Crippen MR) is 48.9 cm³/mol. The Balaban J connectivity index is 3.70. The van der Waals surface area contributed by atoms with Gasteiger partial charge in [0.05, 0.1) is 0 Å². The van der Waals surface area contributed by atoms with Crippen molar-refractivity contribution in [3.05, 3.63) is 0 Å². The van der Waals surface area contributed by atoms with Gasteiger partial charge in [-0.1, -0.05) is 0 Å². The second-order valence-corrected chi connectivity index (χ2v) is 2.98. The summed E-state index contributed by atoms with van der Waals surface area (Å²) in [6.45, 7) is 0.157. The van der Waals surface area contributed by atoms with Gasteiger partial charge in [0.25, 0.3) is 0 Å². The minimum absolute atomic E-state index is 0.0748. The van der Waals surface area contributed by atoms with Crippen molar-refractivity contribution in [3.8, 4) is 0 Å². The highest BCUT2D eigenvalue weighted by Crippen LogP contribution is 2.13. The Kier molecular flexibility index (Phi) is 6.73. The Bertz CT molecular complexity index is 62.1. The van der Waals surface area contributed by atoms with Crippen molar-refractivity contribution >= 4 is 25.3 Å². The van der Waals surface area contributed by atoms with Crippen LogP contribution in [0.15, 0.2) is 0 Å². The van der Waals surface area contributed by atoms with Gasteiger partial charge in [-0.05, 0) is 23.3 Å². The lowest BCUT2D eigenvalue weighted by Gasteiger charge is -2.19. The van der Waals surface area contributed by atoms with Gasteiger partial charge in [0.1, 0.15) is 0 Å². The molecule has 2 unspecified atom stereocenters.